The van der Waals surface area contributed by atoms with Crippen molar-refractivity contribution >= 4 is 34.7 Å². The molecule has 1 aliphatic rings. The van der Waals surface area contributed by atoms with Crippen molar-refractivity contribution in [1.82, 2.24) is 19.6 Å². The molecule has 28 heavy (non-hydrogen) atoms. The zero-order valence-corrected chi connectivity index (χ0v) is 15.7. The molecule has 1 saturated heterocycles. The summed E-state index contributed by atoms with van der Waals surface area (Å²) in [6.07, 6.45) is 2.55. The number of amides is 1. The van der Waals surface area contributed by atoms with Gasteiger partial charge in [-0.15, -0.1) is 0 Å². The average molecular weight is 382 g/mol. The second kappa shape index (κ2) is 6.97. The lowest BCUT2D eigenvalue weighted by molar-refractivity contribution is 0.100. The summed E-state index contributed by atoms with van der Waals surface area (Å²) in [6.45, 7) is 3.64. The number of ether oxygens (including phenoxy) is 1. The van der Waals surface area contributed by atoms with Crippen LogP contribution in [-0.4, -0.2) is 51.8 Å². The van der Waals surface area contributed by atoms with Gasteiger partial charge in [0.2, 0.25) is 0 Å². The molecule has 0 aliphatic carbocycles. The van der Waals surface area contributed by atoms with Gasteiger partial charge in [0, 0.05) is 43.7 Å². The van der Waals surface area contributed by atoms with Crippen LogP contribution >= 0.6 is 0 Å². The normalized spacial score (nSPS) is 16.6. The predicted molar refractivity (Wildman–Crippen MR) is 106 cm³/mol. The molecule has 1 atom stereocenters. The molecule has 1 amide bonds. The largest absolute Gasteiger partial charge is 0.383 e. The number of nitrogens with zero attached hydrogens (tertiary/aromatic N) is 5. The highest BCUT2D eigenvalue weighted by Gasteiger charge is 2.23. The third kappa shape index (κ3) is 3.29. The van der Waals surface area contributed by atoms with Crippen LogP contribution in [0.5, 0.6) is 0 Å². The van der Waals surface area contributed by atoms with Gasteiger partial charge in [0.1, 0.15) is 23.0 Å². The Hall–Kier alpha value is -3.40. The molecule has 10 nitrogen and oxygen atoms in total. The maximum atomic E-state index is 11.6. The van der Waals surface area contributed by atoms with Gasteiger partial charge in [0.25, 0.3) is 5.91 Å². The van der Waals surface area contributed by atoms with E-state index in [0.29, 0.717) is 17.3 Å². The number of nitrogen functional groups attached to an aromatic ring is 1. The summed E-state index contributed by atoms with van der Waals surface area (Å²) in [5, 5.41) is 7.30. The Labute approximate surface area is 161 Å². The van der Waals surface area contributed by atoms with Crippen LogP contribution in [-0.2, 0) is 4.74 Å². The number of hydrogen-bond acceptors (Lipinski definition) is 8. The van der Waals surface area contributed by atoms with E-state index in [1.165, 1.54) is 10.7 Å². The van der Waals surface area contributed by atoms with Crippen LogP contribution in [0.2, 0.25) is 0 Å². The van der Waals surface area contributed by atoms with E-state index in [-0.39, 0.29) is 11.7 Å². The molecule has 3 aromatic rings. The van der Waals surface area contributed by atoms with E-state index in [4.69, 9.17) is 16.2 Å². The molecule has 0 aromatic carbocycles. The molecule has 10 heteroatoms. The van der Waals surface area contributed by atoms with Gasteiger partial charge in [-0.3, -0.25) is 4.79 Å². The molecule has 5 N–H and O–H groups in total. The van der Waals surface area contributed by atoms with Crippen molar-refractivity contribution in [2.45, 2.75) is 19.4 Å². The Morgan fingerprint density at radius 1 is 1.32 bits per heavy atom. The Kier molecular flexibility index (Phi) is 4.47. The number of carbonyl (C=O) groups excluding carboxylic acids is 1. The Morgan fingerprint density at radius 3 is 2.86 bits per heavy atom. The lowest BCUT2D eigenvalue weighted by atomic mass is 10.3. The minimum atomic E-state index is -0.608. The summed E-state index contributed by atoms with van der Waals surface area (Å²) < 4.78 is 6.82. The van der Waals surface area contributed by atoms with Crippen LogP contribution in [0.15, 0.2) is 24.4 Å². The number of aromatic nitrogens is 4. The first kappa shape index (κ1) is 18.0. The quantitative estimate of drug-likeness (QED) is 0.596. The maximum Gasteiger partial charge on any atom is 0.254 e. The number of hydrogen-bond donors (Lipinski definition) is 3. The maximum absolute atomic E-state index is 11.6. The Balaban J connectivity index is 1.66. The molecule has 1 aliphatic heterocycles. The fourth-order valence-corrected chi connectivity index (χ4v) is 3.39. The van der Waals surface area contributed by atoms with Gasteiger partial charge >= 0.3 is 0 Å². The first-order valence-electron chi connectivity index (χ1n) is 8.92. The van der Waals surface area contributed by atoms with Crippen LogP contribution in [0.1, 0.15) is 22.5 Å². The number of carbonyl (C=O) groups is 1. The highest BCUT2D eigenvalue weighted by atomic mass is 16.5. The minimum Gasteiger partial charge on any atom is -0.383 e. The predicted octanol–water partition coefficient (Wildman–Crippen LogP) is 1.08. The van der Waals surface area contributed by atoms with Gasteiger partial charge in [-0.1, -0.05) is 0 Å². The number of methoxy groups -OCH3 is 1. The second-order valence-electron chi connectivity index (χ2n) is 6.80. The molecule has 1 fully saturated rings. The first-order valence-corrected chi connectivity index (χ1v) is 8.92. The van der Waals surface area contributed by atoms with Crippen LogP contribution in [0, 0.1) is 6.92 Å². The van der Waals surface area contributed by atoms with E-state index in [1.807, 2.05) is 19.1 Å². The molecule has 4 heterocycles. The van der Waals surface area contributed by atoms with Crippen molar-refractivity contribution in [3.05, 3.63) is 35.7 Å². The molecule has 0 bridgehead atoms. The Morgan fingerprint density at radius 2 is 2.14 bits per heavy atom. The van der Waals surface area contributed by atoms with Crippen molar-refractivity contribution in [2.75, 3.05) is 36.1 Å². The molecule has 4 rings (SSSR count). The van der Waals surface area contributed by atoms with Crippen LogP contribution < -0.4 is 21.7 Å². The number of nitrogens with one attached hydrogen (secondary N) is 1. The van der Waals surface area contributed by atoms with Crippen molar-refractivity contribution in [1.29, 1.82) is 0 Å². The SMILES string of the molecule is CO[C@@H]1CCN(c2cc(Nc3cc(N)n4ncc(C(N)=O)c4n3)cc(C)n2)C1. The summed E-state index contributed by atoms with van der Waals surface area (Å²) in [6, 6.07) is 5.52. The van der Waals surface area contributed by atoms with Gasteiger partial charge in [0.05, 0.1) is 12.3 Å². The third-order valence-electron chi connectivity index (χ3n) is 4.78. The first-order chi connectivity index (χ1) is 13.4. The number of nitrogens with two attached hydrogens (primary N) is 2. The lowest BCUT2D eigenvalue weighted by Gasteiger charge is -2.19. The average Bonchev–Trinajstić information content (AvgIpc) is 3.28. The van der Waals surface area contributed by atoms with Crippen molar-refractivity contribution in [2.24, 2.45) is 5.73 Å². The van der Waals surface area contributed by atoms with E-state index in [2.05, 4.69) is 25.3 Å². The van der Waals surface area contributed by atoms with Crippen LogP contribution in [0.25, 0.3) is 5.65 Å². The van der Waals surface area contributed by atoms with Gasteiger partial charge < -0.3 is 26.4 Å². The number of fused-ring (bicyclic) bond motifs is 1. The molecule has 0 saturated carbocycles. The molecule has 146 valence electrons. The van der Waals surface area contributed by atoms with Crippen molar-refractivity contribution in [3.8, 4) is 0 Å². The molecule has 0 unspecified atom stereocenters. The van der Waals surface area contributed by atoms with Crippen molar-refractivity contribution < 1.29 is 9.53 Å². The fraction of sp³-hybridized carbons (Fsp3) is 0.333. The fourth-order valence-electron chi connectivity index (χ4n) is 3.39. The van der Waals surface area contributed by atoms with E-state index in [9.17, 15) is 4.79 Å². The highest BCUT2D eigenvalue weighted by molar-refractivity contribution is 5.98. The van der Waals surface area contributed by atoms with Gasteiger partial charge in [-0.05, 0) is 19.4 Å². The van der Waals surface area contributed by atoms with Crippen LogP contribution in [0.4, 0.5) is 23.1 Å². The number of pyridine rings is 1. The van der Waals surface area contributed by atoms with Gasteiger partial charge in [-0.25, -0.2) is 9.97 Å². The molecule has 0 spiro atoms. The molecule has 0 radical (unpaired) electrons. The number of primary amides is 1. The van der Waals surface area contributed by atoms with E-state index < -0.39 is 5.91 Å². The highest BCUT2D eigenvalue weighted by Crippen LogP contribution is 2.26. The van der Waals surface area contributed by atoms with E-state index >= 15 is 0 Å². The molecular formula is C18H22N8O2. The third-order valence-corrected chi connectivity index (χ3v) is 4.78. The van der Waals surface area contributed by atoms with E-state index in [1.54, 1.807) is 13.2 Å². The van der Waals surface area contributed by atoms with Gasteiger partial charge in [-0.2, -0.15) is 9.61 Å². The van der Waals surface area contributed by atoms with Crippen molar-refractivity contribution in [3.63, 3.8) is 0 Å². The van der Waals surface area contributed by atoms with E-state index in [0.717, 1.165) is 36.7 Å². The van der Waals surface area contributed by atoms with Crippen LogP contribution in [0.3, 0.4) is 0 Å². The minimum absolute atomic E-state index is 0.213. The number of aryl methyl sites for hydroxylation is 1. The monoisotopic (exact) mass is 382 g/mol. The number of rotatable bonds is 5. The zero-order chi connectivity index (χ0) is 19.8. The zero-order valence-electron chi connectivity index (χ0n) is 15.7. The summed E-state index contributed by atoms with van der Waals surface area (Å²) >= 11 is 0. The summed E-state index contributed by atoms with van der Waals surface area (Å²) in [4.78, 5) is 22.9. The topological polar surface area (TPSA) is 137 Å². The molecular weight excluding hydrogens is 360 g/mol. The smallest absolute Gasteiger partial charge is 0.254 e. The summed E-state index contributed by atoms with van der Waals surface area (Å²) in [5.74, 6) is 1.09. The standard InChI is InChI=1S/C18H22N8O2/c1-10-5-11(6-16(22-10)25-4-3-12(9-25)28-2)23-15-7-14(19)26-18(24-15)13(8-21-26)17(20)27/h5-8,12H,3-4,9,19H2,1-2H3,(H2,20,27)(H,22,23,24)/t12-/m1/s1. The molecule has 3 aromatic heterocycles. The van der Waals surface area contributed by atoms with Gasteiger partial charge in [0.15, 0.2) is 5.65 Å². The summed E-state index contributed by atoms with van der Waals surface area (Å²) in [5.41, 5.74) is 13.7. The Bertz CT molecular complexity index is 1050. The summed E-state index contributed by atoms with van der Waals surface area (Å²) in [7, 11) is 1.73. The lowest BCUT2D eigenvalue weighted by Crippen LogP contribution is -2.23. The second-order valence-corrected chi connectivity index (χ2v) is 6.80. The number of anilines is 4.